The highest BCUT2D eigenvalue weighted by atomic mass is 19.4. The Bertz CT molecular complexity index is 791. The lowest BCUT2D eigenvalue weighted by atomic mass is 10.1. The number of carboxylic acids is 1. The number of hydrogen-bond acceptors (Lipinski definition) is 6. The standard InChI is InChI=1S/C18H25N3O4.C2HF3O2/c22-11-10-20-6-8-21(9-7-20)18(24)14-3-1-4-15(13-14)19-17(23)16-5-2-12-25-16;3-2(4,5)1(6)7/h1,3-4,13,16,22H,2,5-12H2,(H,19,23);(H,6,7). The van der Waals surface area contributed by atoms with Gasteiger partial charge in [0.1, 0.15) is 6.10 Å². The number of halogens is 3. The molecule has 1 unspecified atom stereocenters. The van der Waals surface area contributed by atoms with E-state index >= 15 is 0 Å². The number of nitrogens with zero attached hydrogens (tertiary/aromatic N) is 2. The minimum absolute atomic E-state index is 0.0307. The molecule has 32 heavy (non-hydrogen) atoms. The maximum atomic E-state index is 12.7. The largest absolute Gasteiger partial charge is 0.490 e. The van der Waals surface area contributed by atoms with Crippen LogP contribution in [0.3, 0.4) is 0 Å². The Kier molecular flexibility index (Phi) is 9.42. The second-order valence-electron chi connectivity index (χ2n) is 7.23. The smallest absolute Gasteiger partial charge is 0.475 e. The third-order valence-electron chi connectivity index (χ3n) is 4.92. The highest BCUT2D eigenvalue weighted by molar-refractivity contribution is 5.98. The lowest BCUT2D eigenvalue weighted by Gasteiger charge is -2.34. The first-order valence-corrected chi connectivity index (χ1v) is 10.1. The molecule has 12 heteroatoms. The summed E-state index contributed by atoms with van der Waals surface area (Å²) in [4.78, 5) is 37.7. The summed E-state index contributed by atoms with van der Waals surface area (Å²) in [6, 6.07) is 7.04. The maximum absolute atomic E-state index is 12.7. The number of hydrogen-bond donors (Lipinski definition) is 3. The van der Waals surface area contributed by atoms with E-state index in [0.29, 0.717) is 37.5 Å². The molecule has 9 nitrogen and oxygen atoms in total. The highest BCUT2D eigenvalue weighted by Crippen LogP contribution is 2.18. The minimum Gasteiger partial charge on any atom is -0.475 e. The number of nitrogens with one attached hydrogen (secondary N) is 1. The van der Waals surface area contributed by atoms with Crippen molar-refractivity contribution in [2.75, 3.05) is 51.3 Å². The van der Waals surface area contributed by atoms with Gasteiger partial charge in [0, 0.05) is 50.6 Å². The number of ether oxygens (including phenoxy) is 1. The van der Waals surface area contributed by atoms with Crippen LogP contribution in [-0.4, -0.2) is 96.0 Å². The first kappa shape index (κ1) is 25.6. The van der Waals surface area contributed by atoms with Crippen molar-refractivity contribution >= 4 is 23.5 Å². The topological polar surface area (TPSA) is 119 Å². The second-order valence-corrected chi connectivity index (χ2v) is 7.23. The maximum Gasteiger partial charge on any atom is 0.490 e. The molecule has 0 aromatic heterocycles. The number of aliphatic carboxylic acids is 1. The number of carboxylic acid groups (broad SMARTS) is 1. The SMILES string of the molecule is O=C(Nc1cccc(C(=O)N2CCN(CCO)CC2)c1)C1CCCO1.O=C(O)C(F)(F)F. The van der Waals surface area contributed by atoms with Gasteiger partial charge in [-0.25, -0.2) is 4.79 Å². The summed E-state index contributed by atoms with van der Waals surface area (Å²) in [5.41, 5.74) is 1.19. The first-order valence-electron chi connectivity index (χ1n) is 10.1. The summed E-state index contributed by atoms with van der Waals surface area (Å²) in [5.74, 6) is -2.94. The zero-order valence-electron chi connectivity index (χ0n) is 17.3. The number of benzene rings is 1. The Labute approximate surface area is 182 Å². The summed E-state index contributed by atoms with van der Waals surface area (Å²) in [6.07, 6.45) is -3.83. The molecular formula is C20H26F3N3O6. The van der Waals surface area contributed by atoms with Crippen molar-refractivity contribution in [1.82, 2.24) is 9.80 Å². The van der Waals surface area contributed by atoms with Crippen LogP contribution in [0.25, 0.3) is 0 Å². The van der Waals surface area contributed by atoms with Gasteiger partial charge in [0.2, 0.25) is 0 Å². The van der Waals surface area contributed by atoms with E-state index in [0.717, 1.165) is 25.9 Å². The molecule has 1 aromatic rings. The molecule has 0 bridgehead atoms. The van der Waals surface area contributed by atoms with Crippen molar-refractivity contribution in [3.05, 3.63) is 29.8 Å². The van der Waals surface area contributed by atoms with Crippen LogP contribution in [0.2, 0.25) is 0 Å². The lowest BCUT2D eigenvalue weighted by molar-refractivity contribution is -0.192. The second kappa shape index (κ2) is 11.8. The molecule has 0 saturated carbocycles. The molecule has 2 fully saturated rings. The molecule has 178 valence electrons. The number of aliphatic hydroxyl groups excluding tert-OH is 1. The van der Waals surface area contributed by atoms with Crippen molar-refractivity contribution in [3.63, 3.8) is 0 Å². The molecule has 2 amide bonds. The first-order chi connectivity index (χ1) is 15.1. The number of alkyl halides is 3. The molecule has 0 spiro atoms. The van der Waals surface area contributed by atoms with E-state index in [2.05, 4.69) is 10.2 Å². The van der Waals surface area contributed by atoms with Gasteiger partial charge in [0.05, 0.1) is 6.61 Å². The summed E-state index contributed by atoms with van der Waals surface area (Å²) < 4.78 is 37.1. The number of β-amino-alcohol motifs (C(OH)–C–C–N with tert-alkyl or cyclic N) is 1. The van der Waals surface area contributed by atoms with E-state index in [1.165, 1.54) is 0 Å². The van der Waals surface area contributed by atoms with Crippen LogP contribution in [0.5, 0.6) is 0 Å². The highest BCUT2D eigenvalue weighted by Gasteiger charge is 2.38. The fraction of sp³-hybridized carbons (Fsp3) is 0.550. The Hall–Kier alpha value is -2.70. The number of carbonyl (C=O) groups is 3. The predicted molar refractivity (Wildman–Crippen MR) is 107 cm³/mol. The number of carbonyl (C=O) groups excluding carboxylic acids is 2. The normalized spacial score (nSPS) is 19.1. The summed E-state index contributed by atoms with van der Waals surface area (Å²) in [5, 5.41) is 18.9. The average molecular weight is 461 g/mol. The van der Waals surface area contributed by atoms with Crippen molar-refractivity contribution in [2.45, 2.75) is 25.1 Å². The van der Waals surface area contributed by atoms with Gasteiger partial charge in [-0.2, -0.15) is 13.2 Å². The van der Waals surface area contributed by atoms with Crippen molar-refractivity contribution in [1.29, 1.82) is 0 Å². The number of piperazine rings is 1. The lowest BCUT2D eigenvalue weighted by Crippen LogP contribution is -2.49. The summed E-state index contributed by atoms with van der Waals surface area (Å²) >= 11 is 0. The number of rotatable bonds is 5. The Morgan fingerprint density at radius 3 is 2.34 bits per heavy atom. The van der Waals surface area contributed by atoms with Crippen LogP contribution in [0.1, 0.15) is 23.2 Å². The number of anilines is 1. The minimum atomic E-state index is -5.08. The van der Waals surface area contributed by atoms with Crippen molar-refractivity contribution in [3.8, 4) is 0 Å². The Morgan fingerprint density at radius 1 is 1.16 bits per heavy atom. The number of aliphatic hydroxyl groups is 1. The van der Waals surface area contributed by atoms with Gasteiger partial charge in [-0.15, -0.1) is 0 Å². The van der Waals surface area contributed by atoms with Gasteiger partial charge in [0.15, 0.2) is 0 Å². The molecule has 0 aliphatic carbocycles. The average Bonchev–Trinajstić information content (AvgIpc) is 3.29. The van der Waals surface area contributed by atoms with Crippen LogP contribution in [0.4, 0.5) is 18.9 Å². The molecule has 0 radical (unpaired) electrons. The van der Waals surface area contributed by atoms with Crippen LogP contribution in [-0.2, 0) is 14.3 Å². The fourth-order valence-electron chi connectivity index (χ4n) is 3.24. The molecular weight excluding hydrogens is 435 g/mol. The molecule has 2 heterocycles. The van der Waals surface area contributed by atoms with Gasteiger partial charge < -0.3 is 25.2 Å². The summed E-state index contributed by atoms with van der Waals surface area (Å²) in [6.45, 7) is 4.23. The third kappa shape index (κ3) is 7.77. The zero-order chi connectivity index (χ0) is 23.7. The Morgan fingerprint density at radius 2 is 1.81 bits per heavy atom. The van der Waals surface area contributed by atoms with Crippen LogP contribution in [0, 0.1) is 0 Å². The van der Waals surface area contributed by atoms with Gasteiger partial charge in [-0.05, 0) is 31.0 Å². The van der Waals surface area contributed by atoms with Crippen LogP contribution < -0.4 is 5.32 Å². The fourth-order valence-corrected chi connectivity index (χ4v) is 3.24. The van der Waals surface area contributed by atoms with E-state index < -0.39 is 12.1 Å². The number of amides is 2. The summed E-state index contributed by atoms with van der Waals surface area (Å²) in [7, 11) is 0. The van der Waals surface area contributed by atoms with E-state index in [4.69, 9.17) is 19.7 Å². The zero-order valence-corrected chi connectivity index (χ0v) is 17.3. The molecule has 2 aliphatic rings. The molecule has 1 aromatic carbocycles. The molecule has 2 aliphatic heterocycles. The van der Waals surface area contributed by atoms with Gasteiger partial charge in [-0.1, -0.05) is 6.07 Å². The third-order valence-corrected chi connectivity index (χ3v) is 4.92. The quantitative estimate of drug-likeness (QED) is 0.603. The molecule has 3 rings (SSSR count). The van der Waals surface area contributed by atoms with Crippen molar-refractivity contribution in [2.24, 2.45) is 0 Å². The van der Waals surface area contributed by atoms with Gasteiger partial charge in [0.25, 0.3) is 11.8 Å². The van der Waals surface area contributed by atoms with Crippen molar-refractivity contribution < 1.29 is 42.5 Å². The van der Waals surface area contributed by atoms with Gasteiger partial charge in [-0.3, -0.25) is 14.5 Å². The van der Waals surface area contributed by atoms with E-state index in [1.807, 2.05) is 4.90 Å². The molecule has 1 atom stereocenters. The molecule has 2 saturated heterocycles. The van der Waals surface area contributed by atoms with E-state index in [1.54, 1.807) is 24.3 Å². The van der Waals surface area contributed by atoms with Crippen LogP contribution in [0.15, 0.2) is 24.3 Å². The van der Waals surface area contributed by atoms with E-state index in [9.17, 15) is 22.8 Å². The predicted octanol–water partition coefficient (Wildman–Crippen LogP) is 1.19. The van der Waals surface area contributed by atoms with Gasteiger partial charge >= 0.3 is 12.1 Å². The molecule has 3 N–H and O–H groups in total. The van der Waals surface area contributed by atoms with E-state index in [-0.39, 0.29) is 24.5 Å². The van der Waals surface area contributed by atoms with Crippen LogP contribution >= 0.6 is 0 Å². The monoisotopic (exact) mass is 461 g/mol. The Balaban J connectivity index is 0.000000451.